The first-order chi connectivity index (χ1) is 13.7. The van der Waals surface area contributed by atoms with Crippen molar-refractivity contribution in [1.82, 2.24) is 4.98 Å². The van der Waals surface area contributed by atoms with Crippen molar-refractivity contribution in [2.24, 2.45) is 0 Å². The van der Waals surface area contributed by atoms with Gasteiger partial charge in [-0.2, -0.15) is 5.26 Å². The molecule has 0 saturated heterocycles. The van der Waals surface area contributed by atoms with E-state index in [-0.39, 0.29) is 0 Å². The molecule has 1 heterocycles. The molecule has 0 spiro atoms. The van der Waals surface area contributed by atoms with Crippen molar-refractivity contribution >= 4 is 22.7 Å². The van der Waals surface area contributed by atoms with Gasteiger partial charge in [0.05, 0.1) is 13.7 Å². The Morgan fingerprint density at radius 2 is 2.14 bits per heavy atom. The normalized spacial score (nSPS) is 11.2. The first-order valence-corrected chi connectivity index (χ1v) is 9.12. The molecule has 0 atom stereocenters. The predicted octanol–water partition coefficient (Wildman–Crippen LogP) is 5.42. The van der Waals surface area contributed by atoms with Gasteiger partial charge >= 0.3 is 0 Å². The second-order valence-corrected chi connectivity index (χ2v) is 6.21. The smallest absolute Gasteiger partial charge is 0.238 e. The predicted molar refractivity (Wildman–Crippen MR) is 110 cm³/mol. The van der Waals surface area contributed by atoms with E-state index in [9.17, 15) is 5.26 Å². The van der Waals surface area contributed by atoms with Crippen LogP contribution in [0.15, 0.2) is 53.5 Å². The van der Waals surface area contributed by atoms with Crippen LogP contribution in [0.25, 0.3) is 22.7 Å². The van der Waals surface area contributed by atoms with Crippen LogP contribution in [-0.2, 0) is 6.42 Å². The molecular weight excluding hydrogens is 352 g/mol. The van der Waals surface area contributed by atoms with E-state index in [1.54, 1.807) is 13.2 Å². The van der Waals surface area contributed by atoms with Crippen LogP contribution >= 0.6 is 0 Å². The zero-order valence-electron chi connectivity index (χ0n) is 16.1. The Kier molecular flexibility index (Phi) is 6.13. The highest BCUT2D eigenvalue weighted by molar-refractivity contribution is 5.89. The zero-order chi connectivity index (χ0) is 19.9. The Morgan fingerprint density at radius 3 is 2.82 bits per heavy atom. The molecule has 1 aromatic heterocycles. The molecular formula is C23H22N2O3. The summed E-state index contributed by atoms with van der Waals surface area (Å²) >= 11 is 0. The van der Waals surface area contributed by atoms with Gasteiger partial charge in [0.2, 0.25) is 5.89 Å². The summed E-state index contributed by atoms with van der Waals surface area (Å²) in [6.07, 6.45) is 5.08. The highest BCUT2D eigenvalue weighted by Crippen LogP contribution is 2.35. The molecule has 5 heteroatoms. The van der Waals surface area contributed by atoms with Crippen molar-refractivity contribution in [1.29, 1.82) is 5.26 Å². The number of oxazole rings is 1. The number of methoxy groups -OCH3 is 1. The lowest BCUT2D eigenvalue weighted by atomic mass is 10.0. The van der Waals surface area contributed by atoms with Crippen LogP contribution in [0.3, 0.4) is 0 Å². The van der Waals surface area contributed by atoms with Crippen LogP contribution in [0.5, 0.6) is 11.5 Å². The number of rotatable bonds is 8. The van der Waals surface area contributed by atoms with Gasteiger partial charge in [-0.3, -0.25) is 0 Å². The summed E-state index contributed by atoms with van der Waals surface area (Å²) in [6.45, 7) is 6.47. The average Bonchev–Trinajstić information content (AvgIpc) is 3.15. The quantitative estimate of drug-likeness (QED) is 0.389. The highest BCUT2D eigenvalue weighted by Gasteiger charge is 2.15. The molecule has 0 amide bonds. The fourth-order valence-electron chi connectivity index (χ4n) is 2.89. The molecule has 2 aromatic carbocycles. The van der Waals surface area contributed by atoms with E-state index < -0.39 is 0 Å². The van der Waals surface area contributed by atoms with Crippen LogP contribution < -0.4 is 9.47 Å². The summed E-state index contributed by atoms with van der Waals surface area (Å²) in [5, 5.41) is 9.65. The third-order valence-corrected chi connectivity index (χ3v) is 4.14. The van der Waals surface area contributed by atoms with Gasteiger partial charge in [-0.25, -0.2) is 4.98 Å². The number of nitriles is 1. The summed E-state index contributed by atoms with van der Waals surface area (Å²) in [4.78, 5) is 4.41. The van der Waals surface area contributed by atoms with Crippen molar-refractivity contribution in [3.05, 3.63) is 66.1 Å². The van der Waals surface area contributed by atoms with Crippen LogP contribution in [0.1, 0.15) is 30.4 Å². The minimum absolute atomic E-state index is 0.291. The van der Waals surface area contributed by atoms with Gasteiger partial charge in [0.1, 0.15) is 17.2 Å². The molecule has 0 aliphatic carbocycles. The Hall–Kier alpha value is -3.52. The number of nitrogens with zero attached hydrogens (tertiary/aromatic N) is 2. The molecule has 0 fully saturated rings. The number of ether oxygens (including phenoxy) is 2. The van der Waals surface area contributed by atoms with Crippen LogP contribution in [-0.4, -0.2) is 18.7 Å². The molecule has 28 heavy (non-hydrogen) atoms. The largest absolute Gasteiger partial charge is 0.493 e. The molecule has 0 saturated carbocycles. The van der Waals surface area contributed by atoms with Crippen LogP contribution in [0.2, 0.25) is 0 Å². The molecule has 5 nitrogen and oxygen atoms in total. The molecule has 3 rings (SSSR count). The fourth-order valence-corrected chi connectivity index (χ4v) is 2.89. The number of fused-ring (bicyclic) bond motifs is 1. The van der Waals surface area contributed by atoms with Gasteiger partial charge in [-0.15, -0.1) is 6.58 Å². The minimum atomic E-state index is 0.291. The van der Waals surface area contributed by atoms with Crippen molar-refractivity contribution in [2.45, 2.75) is 19.8 Å². The first-order valence-electron chi connectivity index (χ1n) is 9.12. The lowest BCUT2D eigenvalue weighted by Gasteiger charge is -2.15. The Labute approximate surface area is 164 Å². The van der Waals surface area contributed by atoms with Gasteiger partial charge in [0.25, 0.3) is 0 Å². The van der Waals surface area contributed by atoms with E-state index in [2.05, 4.69) is 24.6 Å². The number of benzene rings is 2. The summed E-state index contributed by atoms with van der Waals surface area (Å²) in [6, 6.07) is 13.4. The minimum Gasteiger partial charge on any atom is -0.493 e. The second kappa shape index (κ2) is 8.92. The Morgan fingerprint density at radius 1 is 1.32 bits per heavy atom. The fraction of sp³-hybridized carbons (Fsp3) is 0.217. The van der Waals surface area contributed by atoms with Crippen LogP contribution in [0.4, 0.5) is 0 Å². The molecule has 0 radical (unpaired) electrons. The Balaban J connectivity index is 2.06. The van der Waals surface area contributed by atoms with Gasteiger partial charge < -0.3 is 13.9 Å². The van der Waals surface area contributed by atoms with E-state index in [1.807, 2.05) is 42.5 Å². The number of hydrogen-bond acceptors (Lipinski definition) is 5. The van der Waals surface area contributed by atoms with Gasteiger partial charge in [0, 0.05) is 5.56 Å². The molecule has 142 valence electrons. The number of allylic oxidation sites excluding steroid dienone is 2. The SMILES string of the molecule is C=CCc1cc(/C=C(\C#N)c2nc3ccccc3o2)cc(OC)c1OCCC. The lowest BCUT2D eigenvalue weighted by molar-refractivity contribution is 0.291. The third kappa shape index (κ3) is 4.07. The Bertz CT molecular complexity index is 1020. The second-order valence-electron chi connectivity index (χ2n) is 6.21. The summed E-state index contributed by atoms with van der Waals surface area (Å²) in [5.41, 5.74) is 3.45. The third-order valence-electron chi connectivity index (χ3n) is 4.14. The zero-order valence-corrected chi connectivity index (χ0v) is 16.1. The topological polar surface area (TPSA) is 68.3 Å². The monoisotopic (exact) mass is 374 g/mol. The number of para-hydroxylation sites is 2. The molecule has 0 aliphatic heterocycles. The van der Waals surface area contributed by atoms with Crippen molar-refractivity contribution in [3.8, 4) is 17.6 Å². The summed E-state index contributed by atoms with van der Waals surface area (Å²) in [7, 11) is 1.60. The van der Waals surface area contributed by atoms with Crippen molar-refractivity contribution < 1.29 is 13.9 Å². The maximum atomic E-state index is 9.65. The number of aromatic nitrogens is 1. The summed E-state index contributed by atoms with van der Waals surface area (Å²) in [5.74, 6) is 1.62. The summed E-state index contributed by atoms with van der Waals surface area (Å²) < 4.78 is 17.1. The van der Waals surface area contributed by atoms with Gasteiger partial charge in [0.15, 0.2) is 17.1 Å². The lowest BCUT2D eigenvalue weighted by Crippen LogP contribution is -2.02. The first kappa shape index (κ1) is 19.2. The van der Waals surface area contributed by atoms with E-state index in [0.29, 0.717) is 47.1 Å². The van der Waals surface area contributed by atoms with Crippen LogP contribution in [0, 0.1) is 11.3 Å². The molecule has 3 aromatic rings. The molecule has 0 aliphatic rings. The number of hydrogen-bond donors (Lipinski definition) is 0. The highest BCUT2D eigenvalue weighted by atomic mass is 16.5. The molecule has 0 N–H and O–H groups in total. The van der Waals surface area contributed by atoms with E-state index in [1.165, 1.54) is 0 Å². The van der Waals surface area contributed by atoms with Gasteiger partial charge in [-0.1, -0.05) is 25.1 Å². The van der Waals surface area contributed by atoms with E-state index in [0.717, 1.165) is 17.5 Å². The van der Waals surface area contributed by atoms with E-state index in [4.69, 9.17) is 13.9 Å². The molecule has 0 bridgehead atoms. The average molecular weight is 374 g/mol. The van der Waals surface area contributed by atoms with Gasteiger partial charge in [-0.05, 0) is 48.7 Å². The van der Waals surface area contributed by atoms with Crippen molar-refractivity contribution in [3.63, 3.8) is 0 Å². The van der Waals surface area contributed by atoms with Crippen molar-refractivity contribution in [2.75, 3.05) is 13.7 Å². The van der Waals surface area contributed by atoms with E-state index >= 15 is 0 Å². The maximum Gasteiger partial charge on any atom is 0.238 e. The maximum absolute atomic E-state index is 9.65. The standard InChI is InChI=1S/C23H22N2O3/c1-4-8-17-12-16(14-21(26-3)22(17)27-11-5-2)13-18(15-24)23-25-19-9-6-7-10-20(19)28-23/h4,6-7,9-10,12-14H,1,5,8,11H2,2-3H3/b18-13+. The molecule has 0 unspecified atom stereocenters.